The smallest absolute Gasteiger partial charge is 0.168 e. The Kier molecular flexibility index (Phi) is 29.1. The summed E-state index contributed by atoms with van der Waals surface area (Å²) in [6, 6.07) is 6.59. The van der Waals surface area contributed by atoms with Gasteiger partial charge in [-0.1, -0.05) is 207 Å². The van der Waals surface area contributed by atoms with Crippen molar-refractivity contribution in [2.45, 2.75) is 233 Å². The van der Waals surface area contributed by atoms with Crippen LogP contribution in [0.4, 0.5) is 0 Å². The van der Waals surface area contributed by atoms with Crippen LogP contribution in [-0.2, 0) is 6.54 Å². The SMILES string of the molecule is CCCCCCCCCCCCC(CCCCCCCCCC)(CCCCCCCCCCCC)CC[n+]1ccccc1. The van der Waals surface area contributed by atoms with Crippen LogP contribution in [-0.4, -0.2) is 0 Å². The fourth-order valence-electron chi connectivity index (χ4n) is 7.31. The maximum Gasteiger partial charge on any atom is 0.168 e. The molecule has 0 aliphatic rings. The summed E-state index contributed by atoms with van der Waals surface area (Å²) < 4.78 is 2.46. The summed E-state index contributed by atoms with van der Waals surface area (Å²) in [4.78, 5) is 0. The van der Waals surface area contributed by atoms with Crippen LogP contribution in [0.1, 0.15) is 226 Å². The monoisotopic (exact) mass is 599 g/mol. The first kappa shape index (κ1) is 40.2. The van der Waals surface area contributed by atoms with E-state index >= 15 is 0 Å². The lowest BCUT2D eigenvalue weighted by Gasteiger charge is -2.34. The van der Waals surface area contributed by atoms with Gasteiger partial charge in [0, 0.05) is 18.6 Å². The highest BCUT2D eigenvalue weighted by Crippen LogP contribution is 2.41. The second-order valence-electron chi connectivity index (χ2n) is 14.5. The molecule has 0 fully saturated rings. The molecule has 1 rings (SSSR count). The van der Waals surface area contributed by atoms with Gasteiger partial charge >= 0.3 is 0 Å². The van der Waals surface area contributed by atoms with E-state index in [0.717, 1.165) is 0 Å². The van der Waals surface area contributed by atoms with Crippen molar-refractivity contribution in [2.75, 3.05) is 0 Å². The Morgan fingerprint density at radius 3 is 0.907 bits per heavy atom. The molecule has 0 saturated heterocycles. The summed E-state index contributed by atoms with van der Waals surface area (Å²) in [6.45, 7) is 8.18. The van der Waals surface area contributed by atoms with E-state index < -0.39 is 0 Å². The Bertz CT molecular complexity index is 628. The normalized spacial score (nSPS) is 11.9. The number of nitrogens with zero attached hydrogens (tertiary/aromatic N) is 1. The van der Waals surface area contributed by atoms with Gasteiger partial charge in [-0.15, -0.1) is 0 Å². The average Bonchev–Trinajstić information content (AvgIpc) is 3.03. The Hall–Kier alpha value is -0.850. The van der Waals surface area contributed by atoms with Crippen molar-refractivity contribution in [3.05, 3.63) is 30.6 Å². The number of rotatable bonds is 34. The van der Waals surface area contributed by atoms with Crippen molar-refractivity contribution >= 4 is 0 Å². The molecule has 0 aromatic carbocycles. The molecule has 1 heteroatoms. The van der Waals surface area contributed by atoms with Crippen LogP contribution in [0.25, 0.3) is 0 Å². The molecular formula is C42H80N+. The zero-order valence-corrected chi connectivity index (χ0v) is 30.2. The van der Waals surface area contributed by atoms with Crippen LogP contribution in [0.3, 0.4) is 0 Å². The summed E-state index contributed by atoms with van der Waals surface area (Å²) in [5, 5.41) is 0. The lowest BCUT2D eigenvalue weighted by atomic mass is 9.71. The minimum Gasteiger partial charge on any atom is -0.205 e. The first-order valence-electron chi connectivity index (χ1n) is 20.2. The summed E-state index contributed by atoms with van der Waals surface area (Å²) >= 11 is 0. The zero-order valence-electron chi connectivity index (χ0n) is 30.2. The molecule has 0 bridgehead atoms. The fraction of sp³-hybridized carbons (Fsp3) is 0.881. The fourth-order valence-corrected chi connectivity index (χ4v) is 7.31. The summed E-state index contributed by atoms with van der Waals surface area (Å²) in [7, 11) is 0. The maximum absolute atomic E-state index is 2.46. The molecule has 0 amide bonds. The van der Waals surface area contributed by atoms with E-state index in [2.05, 4.69) is 55.9 Å². The minimum atomic E-state index is 0.561. The highest BCUT2D eigenvalue weighted by molar-refractivity contribution is 4.84. The van der Waals surface area contributed by atoms with Crippen LogP contribution < -0.4 is 4.57 Å². The van der Waals surface area contributed by atoms with Gasteiger partial charge in [-0.3, -0.25) is 0 Å². The first-order valence-corrected chi connectivity index (χ1v) is 20.2. The number of aryl methyl sites for hydroxylation is 1. The first-order chi connectivity index (χ1) is 21.3. The second-order valence-corrected chi connectivity index (χ2v) is 14.5. The van der Waals surface area contributed by atoms with Crippen molar-refractivity contribution < 1.29 is 4.57 Å². The summed E-state index contributed by atoms with van der Waals surface area (Å²) in [5.74, 6) is 0. The van der Waals surface area contributed by atoms with Crippen molar-refractivity contribution in [1.82, 2.24) is 0 Å². The van der Waals surface area contributed by atoms with E-state index in [1.54, 1.807) is 0 Å². The van der Waals surface area contributed by atoms with E-state index in [1.807, 2.05) is 0 Å². The van der Waals surface area contributed by atoms with Crippen molar-refractivity contribution in [2.24, 2.45) is 5.41 Å². The zero-order chi connectivity index (χ0) is 30.9. The van der Waals surface area contributed by atoms with Crippen LogP contribution in [0.15, 0.2) is 30.6 Å². The topological polar surface area (TPSA) is 3.88 Å². The molecule has 0 unspecified atom stereocenters. The molecule has 43 heavy (non-hydrogen) atoms. The number of aromatic nitrogens is 1. The van der Waals surface area contributed by atoms with Gasteiger partial charge in [0.15, 0.2) is 12.4 Å². The molecule has 0 radical (unpaired) electrons. The number of hydrogen-bond donors (Lipinski definition) is 0. The highest BCUT2D eigenvalue weighted by atomic mass is 14.9. The van der Waals surface area contributed by atoms with Crippen LogP contribution in [0.5, 0.6) is 0 Å². The van der Waals surface area contributed by atoms with Gasteiger partial charge < -0.3 is 0 Å². The molecular weight excluding hydrogens is 518 g/mol. The molecule has 0 aliphatic carbocycles. The quantitative estimate of drug-likeness (QED) is 0.0549. The molecule has 0 atom stereocenters. The predicted molar refractivity (Wildman–Crippen MR) is 194 cm³/mol. The van der Waals surface area contributed by atoms with Gasteiger partial charge in [0.05, 0.1) is 0 Å². The Labute approximate surface area is 272 Å². The van der Waals surface area contributed by atoms with Crippen LogP contribution in [0, 0.1) is 5.41 Å². The standard InChI is InChI=1S/C42H80N/c1-4-7-10-13-16-19-21-24-27-31-36-42(38-41-43-39-33-29-34-40-43,35-30-26-23-18-15-12-9-6-3)37-32-28-25-22-20-17-14-11-8-5-2/h29,33-34,39-40H,4-28,30-32,35-38,41H2,1-3H3/q+1. The van der Waals surface area contributed by atoms with Crippen molar-refractivity contribution in [3.8, 4) is 0 Å². The molecule has 1 aromatic heterocycles. The number of hydrogen-bond acceptors (Lipinski definition) is 0. The molecule has 1 heterocycles. The van der Waals surface area contributed by atoms with Crippen molar-refractivity contribution in [1.29, 1.82) is 0 Å². The third kappa shape index (κ3) is 25.1. The lowest BCUT2D eigenvalue weighted by molar-refractivity contribution is -0.699. The molecule has 0 spiro atoms. The van der Waals surface area contributed by atoms with Gasteiger partial charge in [-0.05, 0) is 24.7 Å². The predicted octanol–water partition coefficient (Wildman–Crippen LogP) is 14.5. The van der Waals surface area contributed by atoms with E-state index in [4.69, 9.17) is 0 Å². The third-order valence-electron chi connectivity index (χ3n) is 10.4. The van der Waals surface area contributed by atoms with Gasteiger partial charge in [-0.2, -0.15) is 0 Å². The number of pyridine rings is 1. The third-order valence-corrected chi connectivity index (χ3v) is 10.4. The van der Waals surface area contributed by atoms with Gasteiger partial charge in [0.2, 0.25) is 0 Å². The molecule has 0 N–H and O–H groups in total. The van der Waals surface area contributed by atoms with Crippen molar-refractivity contribution in [3.63, 3.8) is 0 Å². The largest absolute Gasteiger partial charge is 0.205 e. The van der Waals surface area contributed by atoms with E-state index in [9.17, 15) is 0 Å². The maximum atomic E-state index is 2.46. The van der Waals surface area contributed by atoms with Gasteiger partial charge in [0.1, 0.15) is 6.54 Å². The van der Waals surface area contributed by atoms with Crippen LogP contribution in [0.2, 0.25) is 0 Å². The molecule has 1 nitrogen and oxygen atoms in total. The molecule has 252 valence electrons. The Morgan fingerprint density at radius 2 is 0.605 bits per heavy atom. The number of unbranched alkanes of at least 4 members (excludes halogenated alkanes) is 25. The highest BCUT2D eigenvalue weighted by Gasteiger charge is 2.30. The Balaban J connectivity index is 2.60. The van der Waals surface area contributed by atoms with Gasteiger partial charge in [0.25, 0.3) is 0 Å². The molecule has 1 aromatic rings. The van der Waals surface area contributed by atoms with E-state index in [-0.39, 0.29) is 0 Å². The van der Waals surface area contributed by atoms with E-state index in [0.29, 0.717) is 5.41 Å². The Morgan fingerprint density at radius 1 is 0.326 bits per heavy atom. The van der Waals surface area contributed by atoms with Gasteiger partial charge in [-0.25, -0.2) is 4.57 Å². The lowest BCUT2D eigenvalue weighted by Crippen LogP contribution is -2.36. The van der Waals surface area contributed by atoms with E-state index in [1.165, 1.54) is 212 Å². The summed E-state index contributed by atoms with van der Waals surface area (Å²) in [5.41, 5.74) is 0.561. The average molecular weight is 599 g/mol. The summed E-state index contributed by atoms with van der Waals surface area (Å²) in [6.07, 6.45) is 51.0. The second kappa shape index (κ2) is 31.1. The molecule has 0 saturated carbocycles. The molecule has 0 aliphatic heterocycles. The minimum absolute atomic E-state index is 0.561. The van der Waals surface area contributed by atoms with Crippen LogP contribution >= 0.6 is 0 Å².